The fourth-order valence-electron chi connectivity index (χ4n) is 2.73. The Morgan fingerprint density at radius 2 is 2.18 bits per heavy atom. The minimum atomic E-state index is 0.608. The van der Waals surface area contributed by atoms with Crippen LogP contribution in [0.4, 0.5) is 5.69 Å². The van der Waals surface area contributed by atoms with Crippen molar-refractivity contribution in [1.29, 1.82) is 0 Å². The molecule has 1 atom stereocenters. The average molecular weight is 253 g/mol. The number of nitrogens with zero attached hydrogens (tertiary/aromatic N) is 1. The first kappa shape index (κ1) is 12.7. The Kier molecular flexibility index (Phi) is 3.95. The summed E-state index contributed by atoms with van der Waals surface area (Å²) in [6.45, 7) is 9.60. The molecule has 0 saturated carbocycles. The van der Waals surface area contributed by atoms with E-state index in [1.807, 2.05) is 0 Å². The molecule has 1 aliphatic heterocycles. The normalized spacial score (nSPS) is 20.0. The molecule has 1 unspecified atom stereocenters. The highest BCUT2D eigenvalue weighted by atomic mass is 35.5. The monoisotopic (exact) mass is 252 g/mol. The molecule has 2 rings (SSSR count). The molecule has 0 spiro atoms. The Labute approximate surface area is 109 Å². The molecule has 17 heavy (non-hydrogen) atoms. The van der Waals surface area contributed by atoms with E-state index < -0.39 is 0 Å². The number of hydrogen-bond donors (Lipinski definition) is 1. The lowest BCUT2D eigenvalue weighted by atomic mass is 10.1. The zero-order valence-electron chi connectivity index (χ0n) is 10.9. The molecule has 0 aromatic heterocycles. The first-order valence-electron chi connectivity index (χ1n) is 6.37. The minimum absolute atomic E-state index is 0.608. The van der Waals surface area contributed by atoms with Crippen molar-refractivity contribution in [3.8, 4) is 0 Å². The predicted molar refractivity (Wildman–Crippen MR) is 75.2 cm³/mol. The molecular weight excluding hydrogens is 232 g/mol. The number of anilines is 1. The molecule has 94 valence electrons. The van der Waals surface area contributed by atoms with Crippen molar-refractivity contribution in [1.82, 2.24) is 5.32 Å². The summed E-state index contributed by atoms with van der Waals surface area (Å²) in [7, 11) is 0. The van der Waals surface area contributed by atoms with Crippen LogP contribution >= 0.6 is 11.6 Å². The van der Waals surface area contributed by atoms with E-state index in [0.717, 1.165) is 24.7 Å². The van der Waals surface area contributed by atoms with E-state index in [1.54, 1.807) is 0 Å². The number of benzene rings is 1. The van der Waals surface area contributed by atoms with Crippen LogP contribution in [0.5, 0.6) is 0 Å². The van der Waals surface area contributed by atoms with Crippen LogP contribution in [0.2, 0.25) is 5.02 Å². The van der Waals surface area contributed by atoms with Crippen LogP contribution < -0.4 is 10.2 Å². The highest BCUT2D eigenvalue weighted by molar-refractivity contribution is 6.33. The first-order valence-corrected chi connectivity index (χ1v) is 6.74. The first-order chi connectivity index (χ1) is 8.11. The van der Waals surface area contributed by atoms with Gasteiger partial charge in [-0.1, -0.05) is 24.6 Å². The second-order valence-electron chi connectivity index (χ2n) is 4.90. The lowest BCUT2D eigenvalue weighted by Crippen LogP contribution is -2.32. The summed E-state index contributed by atoms with van der Waals surface area (Å²) in [5.74, 6) is 0. The van der Waals surface area contributed by atoms with E-state index in [4.69, 9.17) is 11.6 Å². The van der Waals surface area contributed by atoms with Gasteiger partial charge in [-0.2, -0.15) is 0 Å². The van der Waals surface area contributed by atoms with E-state index in [1.165, 1.54) is 23.2 Å². The quantitative estimate of drug-likeness (QED) is 0.889. The van der Waals surface area contributed by atoms with Gasteiger partial charge < -0.3 is 10.2 Å². The van der Waals surface area contributed by atoms with Gasteiger partial charge in [0.2, 0.25) is 0 Å². The van der Waals surface area contributed by atoms with Gasteiger partial charge in [0.15, 0.2) is 0 Å². The number of hydrogen-bond acceptors (Lipinski definition) is 2. The summed E-state index contributed by atoms with van der Waals surface area (Å²) in [5.41, 5.74) is 3.74. The SMILES string of the molecule is CCNC1CCN(c2c(C)cc(C)cc2Cl)C1. The van der Waals surface area contributed by atoms with E-state index in [0.29, 0.717) is 6.04 Å². The van der Waals surface area contributed by atoms with Gasteiger partial charge in [0.25, 0.3) is 0 Å². The van der Waals surface area contributed by atoms with Crippen LogP contribution in [-0.4, -0.2) is 25.7 Å². The fourth-order valence-corrected chi connectivity index (χ4v) is 3.17. The summed E-state index contributed by atoms with van der Waals surface area (Å²) in [5, 5.41) is 4.40. The molecule has 1 saturated heterocycles. The van der Waals surface area contributed by atoms with E-state index in [9.17, 15) is 0 Å². The number of likely N-dealkylation sites (N-methyl/N-ethyl adjacent to an activating group) is 1. The van der Waals surface area contributed by atoms with Gasteiger partial charge in [-0.05, 0) is 44.0 Å². The fraction of sp³-hybridized carbons (Fsp3) is 0.571. The maximum Gasteiger partial charge on any atom is 0.0644 e. The average Bonchev–Trinajstić information content (AvgIpc) is 2.65. The highest BCUT2D eigenvalue weighted by Crippen LogP contribution is 2.33. The van der Waals surface area contributed by atoms with Crippen LogP contribution in [-0.2, 0) is 0 Å². The lowest BCUT2D eigenvalue weighted by Gasteiger charge is -2.23. The van der Waals surface area contributed by atoms with Gasteiger partial charge in [-0.3, -0.25) is 0 Å². The molecule has 2 nitrogen and oxygen atoms in total. The van der Waals surface area contributed by atoms with Crippen LogP contribution in [0.25, 0.3) is 0 Å². The molecule has 0 bridgehead atoms. The highest BCUT2D eigenvalue weighted by Gasteiger charge is 2.24. The lowest BCUT2D eigenvalue weighted by molar-refractivity contribution is 0.572. The van der Waals surface area contributed by atoms with Gasteiger partial charge in [-0.25, -0.2) is 0 Å². The van der Waals surface area contributed by atoms with Gasteiger partial charge in [0.1, 0.15) is 0 Å². The second-order valence-corrected chi connectivity index (χ2v) is 5.31. The van der Waals surface area contributed by atoms with Crippen molar-refractivity contribution in [2.45, 2.75) is 33.2 Å². The van der Waals surface area contributed by atoms with Gasteiger partial charge >= 0.3 is 0 Å². The molecule has 0 radical (unpaired) electrons. The van der Waals surface area contributed by atoms with Crippen LogP contribution in [0.3, 0.4) is 0 Å². The number of nitrogens with one attached hydrogen (secondary N) is 1. The maximum absolute atomic E-state index is 6.38. The molecule has 1 aromatic rings. The third-order valence-electron chi connectivity index (χ3n) is 3.40. The van der Waals surface area contributed by atoms with Crippen molar-refractivity contribution >= 4 is 17.3 Å². The van der Waals surface area contributed by atoms with Crippen molar-refractivity contribution in [3.05, 3.63) is 28.3 Å². The van der Waals surface area contributed by atoms with Crippen LogP contribution in [0.15, 0.2) is 12.1 Å². The van der Waals surface area contributed by atoms with Crippen LogP contribution in [0, 0.1) is 13.8 Å². The van der Waals surface area contributed by atoms with E-state index >= 15 is 0 Å². The summed E-state index contributed by atoms with van der Waals surface area (Å²) in [6.07, 6.45) is 1.21. The minimum Gasteiger partial charge on any atom is -0.368 e. The molecule has 1 aliphatic rings. The predicted octanol–water partition coefficient (Wildman–Crippen LogP) is 3.15. The Morgan fingerprint density at radius 1 is 1.41 bits per heavy atom. The zero-order chi connectivity index (χ0) is 12.4. The van der Waals surface area contributed by atoms with Gasteiger partial charge in [-0.15, -0.1) is 0 Å². The number of rotatable bonds is 3. The molecular formula is C14H21ClN2. The standard InChI is InChI=1S/C14H21ClN2/c1-4-16-12-5-6-17(9-12)14-11(3)7-10(2)8-13(14)15/h7-8,12,16H,4-6,9H2,1-3H3. The number of halogens is 1. The van der Waals surface area contributed by atoms with Crippen molar-refractivity contribution < 1.29 is 0 Å². The topological polar surface area (TPSA) is 15.3 Å². The molecule has 1 fully saturated rings. The summed E-state index contributed by atoms with van der Waals surface area (Å²) >= 11 is 6.38. The third-order valence-corrected chi connectivity index (χ3v) is 3.68. The smallest absolute Gasteiger partial charge is 0.0644 e. The van der Waals surface area contributed by atoms with Gasteiger partial charge in [0.05, 0.1) is 10.7 Å². The molecule has 1 heterocycles. The summed E-state index contributed by atoms with van der Waals surface area (Å²) in [6, 6.07) is 4.88. The Bertz CT molecular complexity index is 380. The Hall–Kier alpha value is -0.730. The molecule has 1 aromatic carbocycles. The molecule has 0 amide bonds. The van der Waals surface area contributed by atoms with Crippen LogP contribution in [0.1, 0.15) is 24.5 Å². The number of aryl methyl sites for hydroxylation is 2. The van der Waals surface area contributed by atoms with E-state index in [2.05, 4.69) is 43.1 Å². The molecule has 1 N–H and O–H groups in total. The molecule has 0 aliphatic carbocycles. The Balaban J connectivity index is 2.19. The molecule has 3 heteroatoms. The Morgan fingerprint density at radius 3 is 2.82 bits per heavy atom. The van der Waals surface area contributed by atoms with Crippen molar-refractivity contribution in [3.63, 3.8) is 0 Å². The third kappa shape index (κ3) is 2.75. The maximum atomic E-state index is 6.38. The zero-order valence-corrected chi connectivity index (χ0v) is 11.6. The largest absolute Gasteiger partial charge is 0.368 e. The van der Waals surface area contributed by atoms with Crippen molar-refractivity contribution in [2.24, 2.45) is 0 Å². The van der Waals surface area contributed by atoms with Gasteiger partial charge in [0, 0.05) is 19.1 Å². The second kappa shape index (κ2) is 5.28. The summed E-state index contributed by atoms with van der Waals surface area (Å²) in [4.78, 5) is 2.41. The van der Waals surface area contributed by atoms with Crippen molar-refractivity contribution in [2.75, 3.05) is 24.5 Å². The van der Waals surface area contributed by atoms with E-state index in [-0.39, 0.29) is 0 Å². The summed E-state index contributed by atoms with van der Waals surface area (Å²) < 4.78 is 0.